The maximum absolute atomic E-state index is 5.48. The van der Waals surface area contributed by atoms with E-state index in [0.29, 0.717) is 12.0 Å². The van der Waals surface area contributed by atoms with Gasteiger partial charge in [0.1, 0.15) is 0 Å². The topological polar surface area (TPSA) is 29.3 Å². The molecule has 3 nitrogen and oxygen atoms in total. The first-order valence-electron chi connectivity index (χ1n) is 7.89. The summed E-state index contributed by atoms with van der Waals surface area (Å²) < 4.78 is 5.48. The van der Waals surface area contributed by atoms with E-state index in [1.807, 2.05) is 6.92 Å². The number of aryl methyl sites for hydroxylation is 1. The van der Waals surface area contributed by atoms with Crippen LogP contribution in [0.5, 0.6) is 0 Å². The summed E-state index contributed by atoms with van der Waals surface area (Å²) in [5.74, 6) is 1.61. The average Bonchev–Trinajstić information content (AvgIpc) is 3.08. The molecule has 2 heterocycles. The third-order valence-electron chi connectivity index (χ3n) is 4.37. The van der Waals surface area contributed by atoms with E-state index < -0.39 is 0 Å². The Bertz CT molecular complexity index is 586. The highest BCUT2D eigenvalue weighted by molar-refractivity contribution is 5.25. The lowest BCUT2D eigenvalue weighted by Gasteiger charge is -2.22. The van der Waals surface area contributed by atoms with Gasteiger partial charge in [0.05, 0.1) is 11.7 Å². The summed E-state index contributed by atoms with van der Waals surface area (Å²) in [7, 11) is 0. The fraction of sp³-hybridized carbons (Fsp3) is 0.500. The van der Waals surface area contributed by atoms with Gasteiger partial charge in [0.15, 0.2) is 5.76 Å². The van der Waals surface area contributed by atoms with Crippen molar-refractivity contribution in [3.8, 4) is 0 Å². The minimum Gasteiger partial charge on any atom is -0.359 e. The molecule has 0 unspecified atom stereocenters. The lowest BCUT2D eigenvalue weighted by atomic mass is 10.0. The largest absolute Gasteiger partial charge is 0.359 e. The van der Waals surface area contributed by atoms with E-state index in [1.165, 1.54) is 24.0 Å². The van der Waals surface area contributed by atoms with Crippen molar-refractivity contribution in [2.75, 3.05) is 6.54 Å². The molecule has 0 radical (unpaired) electrons. The molecule has 21 heavy (non-hydrogen) atoms. The third kappa shape index (κ3) is 3.18. The van der Waals surface area contributed by atoms with Crippen molar-refractivity contribution in [3.05, 3.63) is 52.9 Å². The Kier molecular flexibility index (Phi) is 4.11. The number of likely N-dealkylation sites (tertiary alicyclic amines) is 1. The number of rotatable bonds is 4. The van der Waals surface area contributed by atoms with Gasteiger partial charge in [0.25, 0.3) is 0 Å². The third-order valence-corrected chi connectivity index (χ3v) is 4.37. The maximum Gasteiger partial charge on any atom is 0.154 e. The van der Waals surface area contributed by atoms with Crippen molar-refractivity contribution in [3.63, 3.8) is 0 Å². The Labute approximate surface area is 126 Å². The summed E-state index contributed by atoms with van der Waals surface area (Å²) >= 11 is 0. The molecular weight excluding hydrogens is 260 g/mol. The molecule has 0 N–H and O–H groups in total. The predicted octanol–water partition coefficient (Wildman–Crippen LogP) is 4.44. The van der Waals surface area contributed by atoms with Gasteiger partial charge in [0, 0.05) is 12.6 Å². The number of aromatic nitrogens is 1. The Morgan fingerprint density at radius 3 is 2.67 bits per heavy atom. The summed E-state index contributed by atoms with van der Waals surface area (Å²) in [6, 6.07) is 11.5. The molecule has 1 aliphatic heterocycles. The number of nitrogens with zero attached hydrogens (tertiary/aromatic N) is 2. The molecule has 1 aliphatic rings. The molecule has 3 heteroatoms. The highest BCUT2D eigenvalue weighted by Gasteiger charge is 2.28. The SMILES string of the molecule is Cc1cc([C@H]2CCCN2Cc2ccc(C(C)C)cc2)on1. The second-order valence-electron chi connectivity index (χ2n) is 6.40. The summed E-state index contributed by atoms with van der Waals surface area (Å²) in [5.41, 5.74) is 3.75. The summed E-state index contributed by atoms with van der Waals surface area (Å²) in [6.45, 7) is 8.57. The van der Waals surface area contributed by atoms with Crippen molar-refractivity contribution in [2.24, 2.45) is 0 Å². The van der Waals surface area contributed by atoms with Crippen molar-refractivity contribution in [1.29, 1.82) is 0 Å². The van der Waals surface area contributed by atoms with Gasteiger partial charge < -0.3 is 4.52 Å². The van der Waals surface area contributed by atoms with Gasteiger partial charge in [-0.05, 0) is 43.4 Å². The first-order valence-corrected chi connectivity index (χ1v) is 7.89. The predicted molar refractivity (Wildman–Crippen MR) is 84.2 cm³/mol. The molecule has 1 saturated heterocycles. The van der Waals surface area contributed by atoms with Crippen LogP contribution in [-0.2, 0) is 6.54 Å². The molecule has 3 rings (SSSR count). The van der Waals surface area contributed by atoms with Crippen LogP contribution in [0.3, 0.4) is 0 Å². The van der Waals surface area contributed by atoms with E-state index >= 15 is 0 Å². The average molecular weight is 284 g/mol. The van der Waals surface area contributed by atoms with E-state index in [0.717, 1.165) is 24.5 Å². The minimum atomic E-state index is 0.385. The molecule has 0 bridgehead atoms. The Hall–Kier alpha value is -1.61. The Morgan fingerprint density at radius 2 is 2.05 bits per heavy atom. The quantitative estimate of drug-likeness (QED) is 0.831. The van der Waals surface area contributed by atoms with Crippen LogP contribution >= 0.6 is 0 Å². The summed E-state index contributed by atoms with van der Waals surface area (Å²) in [4.78, 5) is 2.50. The zero-order chi connectivity index (χ0) is 14.8. The van der Waals surface area contributed by atoms with E-state index in [2.05, 4.69) is 54.2 Å². The van der Waals surface area contributed by atoms with Crippen molar-refractivity contribution in [2.45, 2.75) is 52.1 Å². The van der Waals surface area contributed by atoms with Crippen molar-refractivity contribution < 1.29 is 4.52 Å². The monoisotopic (exact) mass is 284 g/mol. The van der Waals surface area contributed by atoms with Crippen LogP contribution in [0.1, 0.15) is 61.2 Å². The second-order valence-corrected chi connectivity index (χ2v) is 6.40. The van der Waals surface area contributed by atoms with Gasteiger partial charge in [-0.15, -0.1) is 0 Å². The molecular formula is C18H24N2O. The van der Waals surface area contributed by atoms with Gasteiger partial charge in [0.2, 0.25) is 0 Å². The maximum atomic E-state index is 5.48. The van der Waals surface area contributed by atoms with E-state index in [-0.39, 0.29) is 0 Å². The van der Waals surface area contributed by atoms with E-state index in [4.69, 9.17) is 4.52 Å². The van der Waals surface area contributed by atoms with E-state index in [9.17, 15) is 0 Å². The molecule has 112 valence electrons. The van der Waals surface area contributed by atoms with Crippen LogP contribution in [0.4, 0.5) is 0 Å². The highest BCUT2D eigenvalue weighted by Crippen LogP contribution is 2.33. The first-order chi connectivity index (χ1) is 10.1. The van der Waals surface area contributed by atoms with Crippen molar-refractivity contribution >= 4 is 0 Å². The van der Waals surface area contributed by atoms with Gasteiger partial charge in [-0.3, -0.25) is 4.90 Å². The molecule has 0 saturated carbocycles. The van der Waals surface area contributed by atoms with Crippen LogP contribution in [0.25, 0.3) is 0 Å². The number of hydrogen-bond donors (Lipinski definition) is 0. The fourth-order valence-corrected chi connectivity index (χ4v) is 3.12. The molecule has 0 aliphatic carbocycles. The Morgan fingerprint density at radius 1 is 1.29 bits per heavy atom. The molecule has 1 aromatic heterocycles. The lowest BCUT2D eigenvalue weighted by Crippen LogP contribution is -2.22. The summed E-state index contributed by atoms with van der Waals surface area (Å²) in [6.07, 6.45) is 2.40. The number of hydrogen-bond acceptors (Lipinski definition) is 3. The second kappa shape index (κ2) is 6.02. The molecule has 1 atom stereocenters. The van der Waals surface area contributed by atoms with Gasteiger partial charge >= 0.3 is 0 Å². The molecule has 1 aromatic carbocycles. The van der Waals surface area contributed by atoms with E-state index in [1.54, 1.807) is 0 Å². The van der Waals surface area contributed by atoms with Crippen LogP contribution in [0.15, 0.2) is 34.9 Å². The highest BCUT2D eigenvalue weighted by atomic mass is 16.5. The van der Waals surface area contributed by atoms with Crippen molar-refractivity contribution in [1.82, 2.24) is 10.1 Å². The molecule has 0 amide bonds. The zero-order valence-corrected chi connectivity index (χ0v) is 13.2. The fourth-order valence-electron chi connectivity index (χ4n) is 3.12. The van der Waals surface area contributed by atoms with Gasteiger partial charge in [-0.2, -0.15) is 0 Å². The number of benzene rings is 1. The smallest absolute Gasteiger partial charge is 0.154 e. The van der Waals surface area contributed by atoms with Crippen LogP contribution in [-0.4, -0.2) is 16.6 Å². The van der Waals surface area contributed by atoms with Crippen LogP contribution in [0.2, 0.25) is 0 Å². The standard InChI is InChI=1S/C18H24N2O/c1-13(2)16-8-6-15(7-9-16)12-20-10-4-5-17(20)18-11-14(3)19-21-18/h6-9,11,13,17H,4-5,10,12H2,1-3H3/t17-/m1/s1. The Balaban J connectivity index is 1.71. The molecule has 2 aromatic rings. The molecule has 0 spiro atoms. The first kappa shape index (κ1) is 14.3. The molecule has 1 fully saturated rings. The minimum absolute atomic E-state index is 0.385. The van der Waals surface area contributed by atoms with Crippen LogP contribution in [0, 0.1) is 6.92 Å². The summed E-state index contributed by atoms with van der Waals surface area (Å²) in [5, 5.41) is 4.03. The van der Waals surface area contributed by atoms with Gasteiger partial charge in [-0.25, -0.2) is 0 Å². The van der Waals surface area contributed by atoms with Gasteiger partial charge in [-0.1, -0.05) is 43.3 Å². The zero-order valence-electron chi connectivity index (χ0n) is 13.2. The van der Waals surface area contributed by atoms with Crippen LogP contribution < -0.4 is 0 Å². The lowest BCUT2D eigenvalue weighted by molar-refractivity contribution is 0.206. The normalized spacial score (nSPS) is 19.5.